The van der Waals surface area contributed by atoms with E-state index in [4.69, 9.17) is 4.74 Å². The summed E-state index contributed by atoms with van der Waals surface area (Å²) in [6, 6.07) is 0.242. The van der Waals surface area contributed by atoms with Gasteiger partial charge in [0.25, 0.3) is 0 Å². The highest BCUT2D eigenvalue weighted by molar-refractivity contribution is 5.58. The summed E-state index contributed by atoms with van der Waals surface area (Å²) in [5.41, 5.74) is 5.96. The topological polar surface area (TPSA) is 69.7 Å². The first-order valence-electron chi connectivity index (χ1n) is 5.30. The molecule has 6 nitrogen and oxygen atoms in total. The standard InChI is InChI=1S/C9H19N5O/c1-4-6(15-3)12-9(2)7-8(14-13-7)10-5-11-9/h5-8,12-14H,4H2,1-3H3,(H,10,11). The number of nitrogens with zero attached hydrogens (tertiary/aromatic N) is 1. The molecule has 0 amide bonds. The van der Waals surface area contributed by atoms with Gasteiger partial charge in [-0.3, -0.25) is 10.3 Å². The zero-order valence-electron chi connectivity index (χ0n) is 9.37. The predicted octanol–water partition coefficient (Wildman–Crippen LogP) is -0.891. The van der Waals surface area contributed by atoms with Crippen molar-refractivity contribution in [3.8, 4) is 0 Å². The number of nitrogens with one attached hydrogen (secondary N) is 4. The summed E-state index contributed by atoms with van der Waals surface area (Å²) in [6.45, 7) is 4.19. The molecule has 0 aromatic rings. The average Bonchev–Trinajstić information content (AvgIpc) is 2.18. The number of methoxy groups -OCH3 is 1. The van der Waals surface area contributed by atoms with Crippen molar-refractivity contribution in [2.45, 2.75) is 44.4 Å². The van der Waals surface area contributed by atoms with Crippen LogP contribution in [-0.2, 0) is 4.74 Å². The Morgan fingerprint density at radius 1 is 1.60 bits per heavy atom. The molecular weight excluding hydrogens is 194 g/mol. The molecule has 2 aliphatic heterocycles. The van der Waals surface area contributed by atoms with Crippen molar-refractivity contribution >= 4 is 6.34 Å². The second-order valence-corrected chi connectivity index (χ2v) is 4.11. The summed E-state index contributed by atoms with van der Waals surface area (Å²) in [6.07, 6.45) is 2.87. The maximum absolute atomic E-state index is 5.33. The highest BCUT2D eigenvalue weighted by atomic mass is 16.5. The number of hydrogen-bond donors (Lipinski definition) is 4. The Bertz CT molecular complexity index is 255. The van der Waals surface area contributed by atoms with Crippen LogP contribution in [0.3, 0.4) is 0 Å². The zero-order valence-corrected chi connectivity index (χ0v) is 9.37. The lowest BCUT2D eigenvalue weighted by Crippen LogP contribution is -2.83. The van der Waals surface area contributed by atoms with Crippen molar-refractivity contribution in [1.29, 1.82) is 0 Å². The first kappa shape index (κ1) is 10.8. The Kier molecular flexibility index (Phi) is 2.92. The van der Waals surface area contributed by atoms with Gasteiger partial charge >= 0.3 is 0 Å². The fourth-order valence-electron chi connectivity index (χ4n) is 1.96. The molecule has 1 fully saturated rings. The minimum absolute atomic E-state index is 0.0528. The Hall–Kier alpha value is -0.690. The van der Waals surface area contributed by atoms with Gasteiger partial charge in [0.15, 0.2) is 0 Å². The molecule has 0 aliphatic carbocycles. The van der Waals surface area contributed by atoms with Crippen LogP contribution < -0.4 is 21.5 Å². The highest BCUT2D eigenvalue weighted by Crippen LogP contribution is 2.19. The molecule has 2 heterocycles. The van der Waals surface area contributed by atoms with Crippen molar-refractivity contribution in [1.82, 2.24) is 21.5 Å². The van der Waals surface area contributed by atoms with Crippen LogP contribution in [0.2, 0.25) is 0 Å². The third-order valence-corrected chi connectivity index (χ3v) is 3.04. The predicted molar refractivity (Wildman–Crippen MR) is 58.1 cm³/mol. The van der Waals surface area contributed by atoms with Gasteiger partial charge in [0, 0.05) is 7.11 Å². The molecule has 2 aliphatic rings. The van der Waals surface area contributed by atoms with Gasteiger partial charge in [0.2, 0.25) is 0 Å². The smallest absolute Gasteiger partial charge is 0.134 e. The number of hydrazine groups is 1. The Morgan fingerprint density at radius 3 is 2.93 bits per heavy atom. The first-order chi connectivity index (χ1) is 7.19. The van der Waals surface area contributed by atoms with Crippen molar-refractivity contribution in [3.05, 3.63) is 0 Å². The van der Waals surface area contributed by atoms with Crippen LogP contribution in [0.15, 0.2) is 4.99 Å². The van der Waals surface area contributed by atoms with Gasteiger partial charge in [-0.15, -0.1) is 0 Å². The molecule has 15 heavy (non-hydrogen) atoms. The van der Waals surface area contributed by atoms with E-state index in [0.29, 0.717) is 0 Å². The molecular formula is C9H19N5O. The van der Waals surface area contributed by atoms with Gasteiger partial charge in [-0.2, -0.15) is 0 Å². The average molecular weight is 213 g/mol. The van der Waals surface area contributed by atoms with E-state index < -0.39 is 0 Å². The van der Waals surface area contributed by atoms with Gasteiger partial charge in [0.1, 0.15) is 18.1 Å². The first-order valence-corrected chi connectivity index (χ1v) is 5.30. The van der Waals surface area contributed by atoms with E-state index in [1.807, 2.05) is 0 Å². The van der Waals surface area contributed by atoms with Crippen LogP contribution in [-0.4, -0.2) is 37.5 Å². The van der Waals surface area contributed by atoms with Gasteiger partial charge < -0.3 is 10.1 Å². The van der Waals surface area contributed by atoms with E-state index in [-0.39, 0.29) is 24.1 Å². The third kappa shape index (κ3) is 1.85. The van der Waals surface area contributed by atoms with E-state index in [9.17, 15) is 0 Å². The van der Waals surface area contributed by atoms with Crippen LogP contribution >= 0.6 is 0 Å². The second kappa shape index (κ2) is 4.05. The summed E-state index contributed by atoms with van der Waals surface area (Å²) >= 11 is 0. The normalized spacial score (nSPS) is 40.2. The molecule has 0 spiro atoms. The van der Waals surface area contributed by atoms with Gasteiger partial charge in [-0.25, -0.2) is 10.9 Å². The van der Waals surface area contributed by atoms with E-state index in [0.717, 1.165) is 6.42 Å². The number of fused-ring (bicyclic) bond motifs is 1. The van der Waals surface area contributed by atoms with Gasteiger partial charge in [-0.1, -0.05) is 6.92 Å². The summed E-state index contributed by atoms with van der Waals surface area (Å²) in [4.78, 5) is 4.26. The molecule has 2 rings (SSSR count). The van der Waals surface area contributed by atoms with Crippen LogP contribution in [0.25, 0.3) is 0 Å². The lowest BCUT2D eigenvalue weighted by molar-refractivity contribution is -0.000963. The van der Waals surface area contributed by atoms with E-state index >= 15 is 0 Å². The monoisotopic (exact) mass is 213 g/mol. The number of aliphatic imine (C=N–C) groups is 1. The second-order valence-electron chi connectivity index (χ2n) is 4.11. The van der Waals surface area contributed by atoms with Crippen molar-refractivity contribution in [2.24, 2.45) is 4.99 Å². The number of rotatable bonds is 4. The Balaban J connectivity index is 2.02. The molecule has 4 unspecified atom stereocenters. The van der Waals surface area contributed by atoms with Gasteiger partial charge in [0.05, 0.1) is 12.4 Å². The zero-order chi connectivity index (χ0) is 10.9. The van der Waals surface area contributed by atoms with Crippen LogP contribution in [0.5, 0.6) is 0 Å². The van der Waals surface area contributed by atoms with Gasteiger partial charge in [-0.05, 0) is 13.3 Å². The molecule has 0 aromatic heterocycles. The van der Waals surface area contributed by atoms with Crippen molar-refractivity contribution in [2.75, 3.05) is 7.11 Å². The van der Waals surface area contributed by atoms with Crippen LogP contribution in [0.1, 0.15) is 20.3 Å². The minimum Gasteiger partial charge on any atom is -0.367 e. The lowest BCUT2D eigenvalue weighted by Gasteiger charge is -2.51. The van der Waals surface area contributed by atoms with Crippen molar-refractivity contribution < 1.29 is 4.74 Å². The molecule has 1 saturated heterocycles. The minimum atomic E-state index is -0.228. The molecule has 0 radical (unpaired) electrons. The van der Waals surface area contributed by atoms with E-state index in [1.54, 1.807) is 13.4 Å². The maximum Gasteiger partial charge on any atom is 0.134 e. The molecule has 0 aromatic carbocycles. The van der Waals surface area contributed by atoms with E-state index in [1.165, 1.54) is 0 Å². The van der Waals surface area contributed by atoms with Crippen molar-refractivity contribution in [3.63, 3.8) is 0 Å². The van der Waals surface area contributed by atoms with Crippen LogP contribution in [0, 0.1) is 0 Å². The quantitative estimate of drug-likeness (QED) is 0.456. The summed E-state index contributed by atoms with van der Waals surface area (Å²) in [5, 5.41) is 6.68. The Morgan fingerprint density at radius 2 is 2.40 bits per heavy atom. The Labute approximate surface area is 89.8 Å². The molecule has 0 saturated carbocycles. The third-order valence-electron chi connectivity index (χ3n) is 3.04. The largest absolute Gasteiger partial charge is 0.367 e. The lowest BCUT2D eigenvalue weighted by atomic mass is 9.95. The SMILES string of the molecule is CCC(NC1(C)NC=NC2NNC21)OC. The molecule has 86 valence electrons. The molecule has 4 atom stereocenters. The molecule has 0 bridgehead atoms. The molecule has 4 N–H and O–H groups in total. The summed E-state index contributed by atoms with van der Waals surface area (Å²) in [7, 11) is 1.71. The van der Waals surface area contributed by atoms with Crippen LogP contribution in [0.4, 0.5) is 0 Å². The molecule has 6 heteroatoms. The fourth-order valence-corrected chi connectivity index (χ4v) is 1.96. The summed E-state index contributed by atoms with van der Waals surface area (Å²) < 4.78 is 5.33. The van der Waals surface area contributed by atoms with E-state index in [2.05, 4.69) is 40.3 Å². The number of ether oxygens (including phenoxy) is 1. The maximum atomic E-state index is 5.33. The number of hydrogen-bond acceptors (Lipinski definition) is 6. The summed E-state index contributed by atoms with van der Waals surface area (Å²) in [5.74, 6) is 0. The fraction of sp³-hybridized carbons (Fsp3) is 0.889. The highest BCUT2D eigenvalue weighted by Gasteiger charge is 2.47.